The van der Waals surface area contributed by atoms with E-state index in [9.17, 15) is 4.39 Å². The third-order valence-corrected chi connectivity index (χ3v) is 2.93. The van der Waals surface area contributed by atoms with E-state index in [0.29, 0.717) is 22.9 Å². The van der Waals surface area contributed by atoms with Gasteiger partial charge in [0, 0.05) is 5.56 Å². The number of rotatable bonds is 5. The molecule has 1 N–H and O–H groups in total. The summed E-state index contributed by atoms with van der Waals surface area (Å²) in [6.45, 7) is 6.66. The molecule has 0 radical (unpaired) electrons. The van der Waals surface area contributed by atoms with E-state index >= 15 is 0 Å². The van der Waals surface area contributed by atoms with E-state index in [1.165, 1.54) is 6.07 Å². The first-order chi connectivity index (χ1) is 9.11. The number of benzene rings is 1. The van der Waals surface area contributed by atoms with Crippen molar-refractivity contribution in [1.82, 2.24) is 15.5 Å². The van der Waals surface area contributed by atoms with Crippen LogP contribution in [0.5, 0.6) is 0 Å². The molecule has 0 saturated heterocycles. The Balaban J connectivity index is 2.18. The summed E-state index contributed by atoms with van der Waals surface area (Å²) in [7, 11) is 0. The highest BCUT2D eigenvalue weighted by Crippen LogP contribution is 2.22. The molecule has 1 atom stereocenters. The number of aromatic nitrogens is 2. The molecule has 5 heteroatoms. The Morgan fingerprint density at radius 1 is 1.37 bits per heavy atom. The second-order valence-corrected chi connectivity index (χ2v) is 4.59. The number of hydrogen-bond donors (Lipinski definition) is 1. The Kier molecular flexibility index (Phi) is 4.27. The molecular weight excluding hydrogens is 245 g/mol. The molecule has 0 aliphatic rings. The summed E-state index contributed by atoms with van der Waals surface area (Å²) in [5.41, 5.74) is 1.20. The van der Waals surface area contributed by atoms with Crippen molar-refractivity contribution in [2.24, 2.45) is 0 Å². The SMILES string of the molecule is CCCNC(C)c1nnc(-c2ccc(C)c(F)c2)o1. The van der Waals surface area contributed by atoms with Crippen LogP contribution in [0.4, 0.5) is 4.39 Å². The van der Waals surface area contributed by atoms with Crippen LogP contribution < -0.4 is 5.32 Å². The summed E-state index contributed by atoms with van der Waals surface area (Å²) in [4.78, 5) is 0. The van der Waals surface area contributed by atoms with Crippen molar-refractivity contribution in [1.29, 1.82) is 0 Å². The minimum absolute atomic E-state index is 0.00325. The molecule has 0 fully saturated rings. The van der Waals surface area contributed by atoms with Gasteiger partial charge in [0.1, 0.15) is 5.82 Å². The molecule has 1 unspecified atom stereocenters. The predicted molar refractivity (Wildman–Crippen MR) is 71.1 cm³/mol. The van der Waals surface area contributed by atoms with Crippen molar-refractivity contribution in [2.45, 2.75) is 33.2 Å². The highest BCUT2D eigenvalue weighted by atomic mass is 19.1. The molecule has 0 amide bonds. The molecule has 1 aromatic carbocycles. The van der Waals surface area contributed by atoms with Crippen molar-refractivity contribution >= 4 is 0 Å². The summed E-state index contributed by atoms with van der Waals surface area (Å²) >= 11 is 0. The maximum absolute atomic E-state index is 13.5. The van der Waals surface area contributed by atoms with Crippen molar-refractivity contribution in [3.8, 4) is 11.5 Å². The molecule has 1 heterocycles. The molecule has 4 nitrogen and oxygen atoms in total. The standard InChI is InChI=1S/C14H18FN3O/c1-4-7-16-10(3)13-17-18-14(19-13)11-6-5-9(2)12(15)8-11/h5-6,8,10,16H,4,7H2,1-3H3. The molecule has 0 bridgehead atoms. The summed E-state index contributed by atoms with van der Waals surface area (Å²) < 4.78 is 19.1. The summed E-state index contributed by atoms with van der Waals surface area (Å²) in [5.74, 6) is 0.595. The van der Waals surface area contributed by atoms with Crippen LogP contribution in [0.3, 0.4) is 0 Å². The maximum Gasteiger partial charge on any atom is 0.247 e. The lowest BCUT2D eigenvalue weighted by atomic mass is 10.1. The van der Waals surface area contributed by atoms with E-state index in [0.717, 1.165) is 13.0 Å². The number of hydrogen-bond acceptors (Lipinski definition) is 4. The van der Waals surface area contributed by atoms with Crippen molar-refractivity contribution in [2.75, 3.05) is 6.54 Å². The van der Waals surface area contributed by atoms with Gasteiger partial charge in [-0.1, -0.05) is 13.0 Å². The van der Waals surface area contributed by atoms with Crippen LogP contribution in [0.25, 0.3) is 11.5 Å². The lowest BCUT2D eigenvalue weighted by Gasteiger charge is -2.07. The minimum Gasteiger partial charge on any atom is -0.419 e. The number of aryl methyl sites for hydroxylation is 1. The molecule has 2 rings (SSSR count). The van der Waals surface area contributed by atoms with Gasteiger partial charge in [0.05, 0.1) is 6.04 Å². The molecular formula is C14H18FN3O. The van der Waals surface area contributed by atoms with E-state index in [2.05, 4.69) is 22.4 Å². The quantitative estimate of drug-likeness (QED) is 0.899. The van der Waals surface area contributed by atoms with Crippen LogP contribution in [-0.4, -0.2) is 16.7 Å². The molecule has 2 aromatic rings. The molecule has 1 aromatic heterocycles. The summed E-state index contributed by atoms with van der Waals surface area (Å²) in [5, 5.41) is 11.2. The van der Waals surface area contributed by atoms with Gasteiger partial charge in [0.15, 0.2) is 0 Å². The van der Waals surface area contributed by atoms with Gasteiger partial charge in [-0.05, 0) is 44.5 Å². The Morgan fingerprint density at radius 2 is 2.16 bits per heavy atom. The lowest BCUT2D eigenvalue weighted by molar-refractivity contribution is 0.423. The Hall–Kier alpha value is -1.75. The van der Waals surface area contributed by atoms with Gasteiger partial charge in [-0.15, -0.1) is 10.2 Å². The fourth-order valence-electron chi connectivity index (χ4n) is 1.70. The fraction of sp³-hybridized carbons (Fsp3) is 0.429. The average Bonchev–Trinajstić information content (AvgIpc) is 2.89. The average molecular weight is 263 g/mol. The molecule has 0 aliphatic carbocycles. The van der Waals surface area contributed by atoms with Crippen LogP contribution in [-0.2, 0) is 0 Å². The lowest BCUT2D eigenvalue weighted by Crippen LogP contribution is -2.19. The van der Waals surface area contributed by atoms with E-state index in [-0.39, 0.29) is 11.9 Å². The Labute approximate surface area is 112 Å². The number of nitrogens with zero attached hydrogens (tertiary/aromatic N) is 2. The first-order valence-corrected chi connectivity index (χ1v) is 6.45. The van der Waals surface area contributed by atoms with Gasteiger partial charge in [-0.25, -0.2) is 4.39 Å². The van der Waals surface area contributed by atoms with E-state index in [1.807, 2.05) is 6.92 Å². The zero-order chi connectivity index (χ0) is 13.8. The largest absolute Gasteiger partial charge is 0.419 e. The van der Waals surface area contributed by atoms with Gasteiger partial charge in [-0.2, -0.15) is 0 Å². The fourth-order valence-corrected chi connectivity index (χ4v) is 1.70. The maximum atomic E-state index is 13.5. The first-order valence-electron chi connectivity index (χ1n) is 6.45. The predicted octanol–water partition coefficient (Wildman–Crippen LogP) is 3.24. The minimum atomic E-state index is -0.269. The molecule has 0 saturated carbocycles. The zero-order valence-electron chi connectivity index (χ0n) is 11.4. The second-order valence-electron chi connectivity index (χ2n) is 4.59. The van der Waals surface area contributed by atoms with Crippen molar-refractivity contribution < 1.29 is 8.81 Å². The molecule has 0 spiro atoms. The van der Waals surface area contributed by atoms with Crippen LogP contribution in [0.2, 0.25) is 0 Å². The van der Waals surface area contributed by atoms with Gasteiger partial charge in [0.25, 0.3) is 0 Å². The van der Waals surface area contributed by atoms with Crippen molar-refractivity contribution in [3.05, 3.63) is 35.5 Å². The van der Waals surface area contributed by atoms with Gasteiger partial charge < -0.3 is 9.73 Å². The van der Waals surface area contributed by atoms with Gasteiger partial charge in [-0.3, -0.25) is 0 Å². The normalized spacial score (nSPS) is 12.6. The van der Waals surface area contributed by atoms with E-state index < -0.39 is 0 Å². The second kappa shape index (κ2) is 5.93. The summed E-state index contributed by atoms with van der Waals surface area (Å²) in [6.07, 6.45) is 1.04. The number of halogens is 1. The summed E-state index contributed by atoms with van der Waals surface area (Å²) in [6, 6.07) is 4.89. The zero-order valence-corrected chi connectivity index (χ0v) is 11.4. The highest BCUT2D eigenvalue weighted by Gasteiger charge is 2.14. The van der Waals surface area contributed by atoms with E-state index in [1.54, 1.807) is 19.1 Å². The monoisotopic (exact) mass is 263 g/mol. The molecule has 19 heavy (non-hydrogen) atoms. The van der Waals surface area contributed by atoms with Crippen LogP contribution in [0.1, 0.15) is 37.8 Å². The Morgan fingerprint density at radius 3 is 2.84 bits per heavy atom. The van der Waals surface area contributed by atoms with Gasteiger partial charge >= 0.3 is 0 Å². The van der Waals surface area contributed by atoms with Crippen LogP contribution in [0.15, 0.2) is 22.6 Å². The molecule has 102 valence electrons. The third kappa shape index (κ3) is 3.17. The Bertz CT molecular complexity index is 553. The third-order valence-electron chi connectivity index (χ3n) is 2.93. The first kappa shape index (κ1) is 13.7. The van der Waals surface area contributed by atoms with Crippen LogP contribution in [0, 0.1) is 12.7 Å². The smallest absolute Gasteiger partial charge is 0.247 e. The van der Waals surface area contributed by atoms with Gasteiger partial charge in [0.2, 0.25) is 11.8 Å². The van der Waals surface area contributed by atoms with Crippen LogP contribution >= 0.6 is 0 Å². The highest BCUT2D eigenvalue weighted by molar-refractivity contribution is 5.53. The molecule has 0 aliphatic heterocycles. The van der Waals surface area contributed by atoms with Crippen molar-refractivity contribution in [3.63, 3.8) is 0 Å². The number of nitrogens with one attached hydrogen (secondary N) is 1. The topological polar surface area (TPSA) is 51.0 Å². The van der Waals surface area contributed by atoms with E-state index in [4.69, 9.17) is 4.42 Å².